The number of aliphatic hydroxyl groups is 1. The first-order valence-corrected chi connectivity index (χ1v) is 5.50. The second-order valence-electron chi connectivity index (χ2n) is 4.18. The predicted molar refractivity (Wildman–Crippen MR) is 55.7 cm³/mol. The lowest BCUT2D eigenvalue weighted by atomic mass is 10.1. The lowest BCUT2D eigenvalue weighted by Crippen LogP contribution is -2.42. The fourth-order valence-electron chi connectivity index (χ4n) is 2.24. The van der Waals surface area contributed by atoms with Crippen LogP contribution in [-0.4, -0.2) is 35.2 Å². The smallest absolute Gasteiger partial charge is 0.0695 e. The molecule has 1 aliphatic rings. The molecule has 0 amide bonds. The van der Waals surface area contributed by atoms with Crippen LogP contribution < -0.4 is 0 Å². The zero-order valence-electron chi connectivity index (χ0n) is 9.11. The zero-order valence-corrected chi connectivity index (χ0v) is 9.11. The van der Waals surface area contributed by atoms with Gasteiger partial charge >= 0.3 is 0 Å². The average Bonchev–Trinajstić information content (AvgIpc) is 2.60. The molecule has 1 fully saturated rings. The van der Waals surface area contributed by atoms with Gasteiger partial charge in [0, 0.05) is 12.6 Å². The summed E-state index contributed by atoms with van der Waals surface area (Å²) < 4.78 is 0. The minimum atomic E-state index is -0.180. The fraction of sp³-hybridized carbons (Fsp3) is 0.909. The van der Waals surface area contributed by atoms with E-state index in [0.717, 1.165) is 32.4 Å². The van der Waals surface area contributed by atoms with Gasteiger partial charge in [-0.15, -0.1) is 0 Å². The highest BCUT2D eigenvalue weighted by Crippen LogP contribution is 2.24. The van der Waals surface area contributed by atoms with Gasteiger partial charge in [0.15, 0.2) is 0 Å². The number of nitrogens with zero attached hydrogens (tertiary/aromatic N) is 2. The van der Waals surface area contributed by atoms with Gasteiger partial charge in [0.1, 0.15) is 0 Å². The van der Waals surface area contributed by atoms with Crippen molar-refractivity contribution < 1.29 is 5.11 Å². The van der Waals surface area contributed by atoms with Crippen LogP contribution in [-0.2, 0) is 0 Å². The molecule has 3 atom stereocenters. The highest BCUT2D eigenvalue weighted by atomic mass is 16.3. The third-order valence-electron chi connectivity index (χ3n) is 3.05. The molecule has 1 N–H and O–H groups in total. The molecular formula is C11H20N2O. The van der Waals surface area contributed by atoms with Gasteiger partial charge in [-0.3, -0.25) is 4.90 Å². The molecule has 80 valence electrons. The van der Waals surface area contributed by atoms with Crippen molar-refractivity contribution in [2.24, 2.45) is 5.92 Å². The van der Waals surface area contributed by atoms with Crippen LogP contribution in [0, 0.1) is 17.2 Å². The summed E-state index contributed by atoms with van der Waals surface area (Å²) in [6.45, 7) is 5.74. The van der Waals surface area contributed by atoms with E-state index in [1.54, 1.807) is 0 Å². The standard InChI is InChI=1S/C11H20N2O/c1-3-13(8-9(2)7-12)10-5-4-6-11(10)14/h9-11,14H,3-6,8H2,1-2H3/t9?,10-,11-/m0/s1. The minimum absolute atomic E-state index is 0.0581. The summed E-state index contributed by atoms with van der Waals surface area (Å²) in [7, 11) is 0. The third kappa shape index (κ3) is 2.70. The molecule has 1 aliphatic carbocycles. The van der Waals surface area contributed by atoms with Crippen LogP contribution in [0.5, 0.6) is 0 Å². The van der Waals surface area contributed by atoms with Crippen LogP contribution in [0.25, 0.3) is 0 Å². The van der Waals surface area contributed by atoms with Gasteiger partial charge in [-0.1, -0.05) is 6.92 Å². The minimum Gasteiger partial charge on any atom is -0.391 e. The van der Waals surface area contributed by atoms with E-state index in [1.807, 2.05) is 6.92 Å². The van der Waals surface area contributed by atoms with Gasteiger partial charge < -0.3 is 5.11 Å². The van der Waals surface area contributed by atoms with E-state index in [4.69, 9.17) is 5.26 Å². The molecule has 0 aromatic heterocycles. The topological polar surface area (TPSA) is 47.3 Å². The van der Waals surface area contributed by atoms with Crippen molar-refractivity contribution >= 4 is 0 Å². The highest BCUT2D eigenvalue weighted by Gasteiger charge is 2.30. The van der Waals surface area contributed by atoms with Crippen molar-refractivity contribution in [1.29, 1.82) is 5.26 Å². The Morgan fingerprint density at radius 1 is 1.57 bits per heavy atom. The normalized spacial score (nSPS) is 29.1. The molecule has 1 unspecified atom stereocenters. The Kier molecular flexibility index (Phi) is 4.37. The number of rotatable bonds is 4. The molecule has 0 heterocycles. The molecule has 0 aromatic carbocycles. The first-order valence-electron chi connectivity index (χ1n) is 5.50. The zero-order chi connectivity index (χ0) is 10.6. The Morgan fingerprint density at radius 3 is 2.71 bits per heavy atom. The van der Waals surface area contributed by atoms with Crippen molar-refractivity contribution in [3.63, 3.8) is 0 Å². The van der Waals surface area contributed by atoms with Crippen LogP contribution in [0.2, 0.25) is 0 Å². The van der Waals surface area contributed by atoms with E-state index in [9.17, 15) is 5.11 Å². The summed E-state index contributed by atoms with van der Waals surface area (Å²) >= 11 is 0. The Labute approximate surface area is 86.3 Å². The Bertz CT molecular complexity index is 212. The van der Waals surface area contributed by atoms with Crippen LogP contribution in [0.1, 0.15) is 33.1 Å². The first-order chi connectivity index (χ1) is 6.69. The molecule has 0 aromatic rings. The van der Waals surface area contributed by atoms with E-state index in [1.165, 1.54) is 0 Å². The summed E-state index contributed by atoms with van der Waals surface area (Å²) in [5.74, 6) is 0.0581. The molecule has 0 spiro atoms. The second kappa shape index (κ2) is 5.33. The van der Waals surface area contributed by atoms with E-state index < -0.39 is 0 Å². The van der Waals surface area contributed by atoms with E-state index in [0.29, 0.717) is 0 Å². The summed E-state index contributed by atoms with van der Waals surface area (Å²) in [5, 5.41) is 18.5. The quantitative estimate of drug-likeness (QED) is 0.739. The lowest BCUT2D eigenvalue weighted by molar-refractivity contribution is 0.0694. The van der Waals surface area contributed by atoms with Crippen molar-refractivity contribution in [3.05, 3.63) is 0 Å². The van der Waals surface area contributed by atoms with Crippen molar-refractivity contribution in [2.45, 2.75) is 45.3 Å². The number of hydrogen-bond acceptors (Lipinski definition) is 3. The summed E-state index contributed by atoms with van der Waals surface area (Å²) in [6.07, 6.45) is 2.93. The SMILES string of the molecule is CCN(CC(C)C#N)[C@H]1CCC[C@@H]1O. The van der Waals surface area contributed by atoms with E-state index in [2.05, 4.69) is 17.9 Å². The molecule has 14 heavy (non-hydrogen) atoms. The average molecular weight is 196 g/mol. The van der Waals surface area contributed by atoms with Gasteiger partial charge in [-0.25, -0.2) is 0 Å². The number of nitriles is 1. The van der Waals surface area contributed by atoms with Crippen LogP contribution >= 0.6 is 0 Å². The van der Waals surface area contributed by atoms with E-state index in [-0.39, 0.29) is 18.1 Å². The summed E-state index contributed by atoms with van der Waals surface area (Å²) in [4.78, 5) is 2.24. The Morgan fingerprint density at radius 2 is 2.29 bits per heavy atom. The maximum absolute atomic E-state index is 9.75. The molecule has 0 radical (unpaired) electrons. The highest BCUT2D eigenvalue weighted by molar-refractivity contribution is 4.88. The molecule has 0 saturated heterocycles. The second-order valence-corrected chi connectivity index (χ2v) is 4.18. The molecule has 3 heteroatoms. The number of likely N-dealkylation sites (N-methyl/N-ethyl adjacent to an activating group) is 1. The van der Waals surface area contributed by atoms with Gasteiger partial charge in [0.05, 0.1) is 18.1 Å². The summed E-state index contributed by atoms with van der Waals surface area (Å²) in [6, 6.07) is 2.53. The van der Waals surface area contributed by atoms with Crippen molar-refractivity contribution in [1.82, 2.24) is 4.90 Å². The molecule has 1 rings (SSSR count). The van der Waals surface area contributed by atoms with Crippen LogP contribution in [0.4, 0.5) is 0 Å². The van der Waals surface area contributed by atoms with Gasteiger partial charge in [0.25, 0.3) is 0 Å². The largest absolute Gasteiger partial charge is 0.391 e. The van der Waals surface area contributed by atoms with Crippen molar-refractivity contribution in [3.8, 4) is 6.07 Å². The number of aliphatic hydroxyl groups excluding tert-OH is 1. The van der Waals surface area contributed by atoms with Crippen LogP contribution in [0.3, 0.4) is 0 Å². The van der Waals surface area contributed by atoms with Crippen LogP contribution in [0.15, 0.2) is 0 Å². The lowest BCUT2D eigenvalue weighted by Gasteiger charge is -2.30. The van der Waals surface area contributed by atoms with E-state index >= 15 is 0 Å². The third-order valence-corrected chi connectivity index (χ3v) is 3.05. The molecule has 0 bridgehead atoms. The summed E-state index contributed by atoms with van der Waals surface area (Å²) in [5.41, 5.74) is 0. The Balaban J connectivity index is 2.49. The molecule has 3 nitrogen and oxygen atoms in total. The van der Waals surface area contributed by atoms with Gasteiger partial charge in [-0.05, 0) is 32.7 Å². The predicted octanol–water partition coefficient (Wildman–Crippen LogP) is 1.38. The molecule has 1 saturated carbocycles. The maximum Gasteiger partial charge on any atom is 0.0695 e. The fourth-order valence-corrected chi connectivity index (χ4v) is 2.24. The maximum atomic E-state index is 9.75. The molecular weight excluding hydrogens is 176 g/mol. The molecule has 0 aliphatic heterocycles. The monoisotopic (exact) mass is 196 g/mol. The van der Waals surface area contributed by atoms with Crippen molar-refractivity contribution in [2.75, 3.05) is 13.1 Å². The number of hydrogen-bond donors (Lipinski definition) is 1. The van der Waals surface area contributed by atoms with Gasteiger partial charge in [0.2, 0.25) is 0 Å². The van der Waals surface area contributed by atoms with Gasteiger partial charge in [-0.2, -0.15) is 5.26 Å². The first kappa shape index (κ1) is 11.5. The Hall–Kier alpha value is -0.590.